The Kier molecular flexibility index (Phi) is 3.37. The lowest BCUT2D eigenvalue weighted by Crippen LogP contribution is -2.21. The van der Waals surface area contributed by atoms with Gasteiger partial charge in [0.25, 0.3) is 5.91 Å². The van der Waals surface area contributed by atoms with E-state index >= 15 is 0 Å². The van der Waals surface area contributed by atoms with E-state index in [-0.39, 0.29) is 5.91 Å². The van der Waals surface area contributed by atoms with Crippen molar-refractivity contribution < 1.29 is 4.79 Å². The Morgan fingerprint density at radius 1 is 1.00 bits per heavy atom. The van der Waals surface area contributed by atoms with Crippen LogP contribution in [-0.4, -0.2) is 16.6 Å². The Labute approximate surface area is 156 Å². The fourth-order valence-corrected chi connectivity index (χ4v) is 4.90. The van der Waals surface area contributed by atoms with Crippen molar-refractivity contribution in [1.82, 2.24) is 4.98 Å². The molecule has 7 heteroatoms. The van der Waals surface area contributed by atoms with Gasteiger partial charge in [0, 0.05) is 10.9 Å². The molecule has 1 aliphatic rings. The standard InChI is InChI=1S/C19H12N4OS2/c20-10-12-17(16-9-11-5-1-3-7-14(11)25-16)22-23(18(12)24)19-21-13-6-2-4-8-15(13)26-19/h1-10H,20H2/b12-10+. The van der Waals surface area contributed by atoms with Gasteiger partial charge in [0.15, 0.2) is 0 Å². The lowest BCUT2D eigenvalue weighted by atomic mass is 10.1. The Balaban J connectivity index is 1.64. The normalized spacial score (nSPS) is 16.2. The molecule has 0 unspecified atom stereocenters. The molecule has 1 aliphatic heterocycles. The van der Waals surface area contributed by atoms with Gasteiger partial charge in [0.05, 0.1) is 20.7 Å². The molecule has 0 aliphatic carbocycles. The van der Waals surface area contributed by atoms with Crippen molar-refractivity contribution in [2.24, 2.45) is 10.8 Å². The Hall–Kier alpha value is -3.03. The smallest absolute Gasteiger partial charge is 0.284 e. The molecule has 4 aromatic rings. The number of amides is 1. The molecule has 0 fully saturated rings. The molecule has 2 aromatic heterocycles. The van der Waals surface area contributed by atoms with E-state index in [1.807, 2.05) is 48.5 Å². The first-order chi connectivity index (χ1) is 12.7. The zero-order valence-corrected chi connectivity index (χ0v) is 15.1. The number of fused-ring (bicyclic) bond motifs is 2. The summed E-state index contributed by atoms with van der Waals surface area (Å²) in [5, 5.41) is 7.58. The molecular weight excluding hydrogens is 364 g/mol. The maximum absolute atomic E-state index is 12.8. The van der Waals surface area contributed by atoms with Crippen LogP contribution in [0.4, 0.5) is 5.13 Å². The summed E-state index contributed by atoms with van der Waals surface area (Å²) < 4.78 is 2.16. The fraction of sp³-hybridized carbons (Fsp3) is 0. The van der Waals surface area contributed by atoms with Crippen molar-refractivity contribution in [2.45, 2.75) is 0 Å². The van der Waals surface area contributed by atoms with Crippen LogP contribution in [0.5, 0.6) is 0 Å². The number of thiophene rings is 1. The number of benzene rings is 2. The van der Waals surface area contributed by atoms with Crippen molar-refractivity contribution in [3.8, 4) is 0 Å². The molecule has 3 heterocycles. The van der Waals surface area contributed by atoms with Crippen molar-refractivity contribution >= 4 is 59.7 Å². The molecule has 0 bridgehead atoms. The number of carbonyl (C=O) groups is 1. The van der Waals surface area contributed by atoms with Crippen LogP contribution in [0.25, 0.3) is 20.3 Å². The van der Waals surface area contributed by atoms with Crippen LogP contribution in [-0.2, 0) is 4.79 Å². The maximum atomic E-state index is 12.8. The molecule has 5 nitrogen and oxygen atoms in total. The van der Waals surface area contributed by atoms with Gasteiger partial charge in [-0.15, -0.1) is 11.3 Å². The van der Waals surface area contributed by atoms with Gasteiger partial charge in [-0.2, -0.15) is 10.1 Å². The number of hydrazone groups is 1. The van der Waals surface area contributed by atoms with Gasteiger partial charge in [0.1, 0.15) is 5.71 Å². The summed E-state index contributed by atoms with van der Waals surface area (Å²) in [4.78, 5) is 18.3. The third-order valence-corrected chi connectivity index (χ3v) is 6.30. The summed E-state index contributed by atoms with van der Waals surface area (Å²) >= 11 is 3.03. The second-order valence-corrected chi connectivity index (χ2v) is 7.85. The molecule has 2 aromatic carbocycles. The van der Waals surface area contributed by atoms with E-state index in [9.17, 15) is 4.79 Å². The van der Waals surface area contributed by atoms with E-state index in [1.165, 1.54) is 22.5 Å². The largest absolute Gasteiger partial charge is 0.404 e. The average Bonchev–Trinajstić information content (AvgIpc) is 3.35. The predicted octanol–water partition coefficient (Wildman–Crippen LogP) is 4.10. The Bertz CT molecular complexity index is 1170. The molecule has 0 spiro atoms. The van der Waals surface area contributed by atoms with Gasteiger partial charge in [-0.1, -0.05) is 41.7 Å². The number of thiazole rings is 1. The van der Waals surface area contributed by atoms with E-state index in [4.69, 9.17) is 5.73 Å². The van der Waals surface area contributed by atoms with E-state index in [1.54, 1.807) is 11.3 Å². The lowest BCUT2D eigenvalue weighted by Gasteiger charge is -2.05. The minimum absolute atomic E-state index is 0.251. The van der Waals surface area contributed by atoms with Crippen molar-refractivity contribution in [3.63, 3.8) is 0 Å². The highest BCUT2D eigenvalue weighted by molar-refractivity contribution is 7.22. The molecular formula is C19H12N4OS2. The fourth-order valence-electron chi connectivity index (χ4n) is 2.93. The molecule has 126 valence electrons. The van der Waals surface area contributed by atoms with E-state index < -0.39 is 0 Å². The van der Waals surface area contributed by atoms with Crippen LogP contribution in [0.2, 0.25) is 0 Å². The number of nitrogens with two attached hydrogens (primary N) is 1. The number of para-hydroxylation sites is 1. The van der Waals surface area contributed by atoms with Crippen molar-refractivity contribution in [2.75, 3.05) is 5.01 Å². The third kappa shape index (κ3) is 2.25. The van der Waals surface area contributed by atoms with Crippen LogP contribution < -0.4 is 10.7 Å². The number of aromatic nitrogens is 1. The number of rotatable bonds is 2. The second-order valence-electron chi connectivity index (χ2n) is 5.76. The number of anilines is 1. The van der Waals surface area contributed by atoms with Gasteiger partial charge < -0.3 is 5.73 Å². The summed E-state index contributed by atoms with van der Waals surface area (Å²) in [6, 6.07) is 17.9. The minimum Gasteiger partial charge on any atom is -0.404 e. The first-order valence-electron chi connectivity index (χ1n) is 7.94. The molecule has 1 amide bonds. The minimum atomic E-state index is -0.251. The average molecular weight is 376 g/mol. The highest BCUT2D eigenvalue weighted by Crippen LogP contribution is 2.35. The van der Waals surface area contributed by atoms with E-state index in [0.29, 0.717) is 16.4 Å². The molecule has 2 N–H and O–H groups in total. The summed E-state index contributed by atoms with van der Waals surface area (Å²) in [6.07, 6.45) is 1.33. The van der Waals surface area contributed by atoms with Crippen LogP contribution in [0.3, 0.4) is 0 Å². The molecule has 26 heavy (non-hydrogen) atoms. The topological polar surface area (TPSA) is 71.6 Å². The Morgan fingerprint density at radius 3 is 2.54 bits per heavy atom. The van der Waals surface area contributed by atoms with Crippen LogP contribution >= 0.6 is 22.7 Å². The zero-order valence-electron chi connectivity index (χ0n) is 13.4. The lowest BCUT2D eigenvalue weighted by molar-refractivity contribution is -0.114. The predicted molar refractivity (Wildman–Crippen MR) is 108 cm³/mol. The van der Waals surface area contributed by atoms with Crippen LogP contribution in [0.15, 0.2) is 71.5 Å². The first-order valence-corrected chi connectivity index (χ1v) is 9.58. The van der Waals surface area contributed by atoms with E-state index in [0.717, 1.165) is 25.2 Å². The van der Waals surface area contributed by atoms with Crippen LogP contribution in [0.1, 0.15) is 4.88 Å². The van der Waals surface area contributed by atoms with Gasteiger partial charge in [-0.25, -0.2) is 4.98 Å². The van der Waals surface area contributed by atoms with Gasteiger partial charge >= 0.3 is 0 Å². The quantitative estimate of drug-likeness (QED) is 0.535. The second kappa shape index (κ2) is 5.76. The summed E-state index contributed by atoms with van der Waals surface area (Å²) in [5.74, 6) is -0.251. The van der Waals surface area contributed by atoms with Gasteiger partial charge in [-0.3, -0.25) is 4.79 Å². The first kappa shape index (κ1) is 15.2. The molecule has 0 radical (unpaired) electrons. The summed E-state index contributed by atoms with van der Waals surface area (Å²) in [6.45, 7) is 0. The maximum Gasteiger partial charge on any atom is 0.284 e. The summed E-state index contributed by atoms with van der Waals surface area (Å²) in [7, 11) is 0. The number of hydrogen-bond donors (Lipinski definition) is 1. The zero-order chi connectivity index (χ0) is 17.7. The van der Waals surface area contributed by atoms with Gasteiger partial charge in [-0.05, 0) is 29.7 Å². The highest BCUT2D eigenvalue weighted by Gasteiger charge is 2.34. The monoisotopic (exact) mass is 376 g/mol. The molecule has 5 rings (SSSR count). The summed E-state index contributed by atoms with van der Waals surface area (Å²) in [5.41, 5.74) is 7.60. The Morgan fingerprint density at radius 2 is 1.77 bits per heavy atom. The molecule has 0 atom stereocenters. The highest BCUT2D eigenvalue weighted by atomic mass is 32.1. The molecule has 0 saturated heterocycles. The molecule has 0 saturated carbocycles. The van der Waals surface area contributed by atoms with Gasteiger partial charge in [0.2, 0.25) is 5.13 Å². The SMILES string of the molecule is N/C=C1/C(=O)N(c2nc3ccccc3s2)N=C1c1cc2ccccc2s1. The number of carbonyl (C=O) groups excluding carboxylic acids is 1. The number of hydrogen-bond acceptors (Lipinski definition) is 6. The third-order valence-electron chi connectivity index (χ3n) is 4.17. The van der Waals surface area contributed by atoms with E-state index in [2.05, 4.69) is 16.2 Å². The number of nitrogens with zero attached hydrogens (tertiary/aromatic N) is 3. The van der Waals surface area contributed by atoms with Crippen molar-refractivity contribution in [3.05, 3.63) is 71.2 Å². The van der Waals surface area contributed by atoms with Crippen molar-refractivity contribution in [1.29, 1.82) is 0 Å². The van der Waals surface area contributed by atoms with Crippen LogP contribution in [0, 0.1) is 0 Å².